The second-order valence-electron chi connectivity index (χ2n) is 5.88. The fourth-order valence-corrected chi connectivity index (χ4v) is 2.79. The molecule has 1 unspecified atom stereocenters. The van der Waals surface area contributed by atoms with Crippen molar-refractivity contribution >= 4 is 5.91 Å². The second-order valence-corrected chi connectivity index (χ2v) is 5.88. The molecule has 0 aliphatic heterocycles. The molecule has 0 aliphatic carbocycles. The molecule has 0 saturated heterocycles. The number of hydrogen-bond donors (Lipinski definition) is 1. The number of nitrogens with one attached hydrogen (secondary N) is 1. The van der Waals surface area contributed by atoms with Crippen LogP contribution in [0.4, 0.5) is 0 Å². The lowest BCUT2D eigenvalue weighted by atomic mass is 10.0. The van der Waals surface area contributed by atoms with Crippen LogP contribution in [0.2, 0.25) is 0 Å². The van der Waals surface area contributed by atoms with Crippen molar-refractivity contribution in [2.75, 3.05) is 7.11 Å². The lowest BCUT2D eigenvalue weighted by Gasteiger charge is -2.16. The largest absolute Gasteiger partial charge is 0.493 e. The van der Waals surface area contributed by atoms with Gasteiger partial charge in [-0.2, -0.15) is 5.10 Å². The minimum Gasteiger partial charge on any atom is -0.493 e. The molecule has 5 heteroatoms. The third-order valence-electron chi connectivity index (χ3n) is 4.14. The van der Waals surface area contributed by atoms with Crippen LogP contribution in [0, 0.1) is 6.92 Å². The van der Waals surface area contributed by atoms with Gasteiger partial charge in [-0.1, -0.05) is 42.5 Å². The van der Waals surface area contributed by atoms with E-state index in [9.17, 15) is 4.79 Å². The van der Waals surface area contributed by atoms with Crippen LogP contribution in [0.25, 0.3) is 5.69 Å². The SMILES string of the molecule is COc1cn(-c2ccccc2)nc1C(=O)NC(C)c1ccccc1C. The van der Waals surface area contributed by atoms with Gasteiger partial charge in [0, 0.05) is 0 Å². The van der Waals surface area contributed by atoms with Gasteiger partial charge < -0.3 is 10.1 Å². The molecule has 1 aromatic heterocycles. The lowest BCUT2D eigenvalue weighted by Crippen LogP contribution is -2.28. The number of aryl methyl sites for hydroxylation is 1. The van der Waals surface area contributed by atoms with Crippen molar-refractivity contribution in [2.45, 2.75) is 19.9 Å². The zero-order chi connectivity index (χ0) is 17.8. The minimum absolute atomic E-state index is 0.125. The Hall–Kier alpha value is -3.08. The van der Waals surface area contributed by atoms with E-state index in [1.165, 1.54) is 7.11 Å². The van der Waals surface area contributed by atoms with Crippen molar-refractivity contribution in [3.05, 3.63) is 77.6 Å². The number of methoxy groups -OCH3 is 1. The van der Waals surface area contributed by atoms with E-state index in [2.05, 4.69) is 10.4 Å². The number of rotatable bonds is 5. The van der Waals surface area contributed by atoms with Gasteiger partial charge in [0.25, 0.3) is 5.91 Å². The maximum atomic E-state index is 12.7. The van der Waals surface area contributed by atoms with Crippen LogP contribution in [0.5, 0.6) is 5.75 Å². The molecule has 0 bridgehead atoms. The molecule has 1 N–H and O–H groups in total. The van der Waals surface area contributed by atoms with E-state index in [4.69, 9.17) is 4.74 Å². The van der Waals surface area contributed by atoms with Crippen LogP contribution in [0.3, 0.4) is 0 Å². The Morgan fingerprint density at radius 3 is 2.48 bits per heavy atom. The Morgan fingerprint density at radius 1 is 1.12 bits per heavy atom. The van der Waals surface area contributed by atoms with E-state index < -0.39 is 0 Å². The van der Waals surface area contributed by atoms with Crippen LogP contribution >= 0.6 is 0 Å². The molecule has 3 rings (SSSR count). The number of carbonyl (C=O) groups excluding carboxylic acids is 1. The first-order valence-electron chi connectivity index (χ1n) is 8.15. The smallest absolute Gasteiger partial charge is 0.276 e. The number of amides is 1. The van der Waals surface area contributed by atoms with E-state index in [0.29, 0.717) is 5.75 Å². The molecular weight excluding hydrogens is 314 g/mol. The number of nitrogens with zero attached hydrogens (tertiary/aromatic N) is 2. The standard InChI is InChI=1S/C20H21N3O2/c1-14-9-7-8-12-17(14)15(2)21-20(24)19-18(25-3)13-23(22-19)16-10-5-4-6-11-16/h4-13,15H,1-3H3,(H,21,24). The number of benzene rings is 2. The summed E-state index contributed by atoms with van der Waals surface area (Å²) in [5.74, 6) is 0.181. The Bertz CT molecular complexity index is 872. The van der Waals surface area contributed by atoms with Crippen LogP contribution in [0.15, 0.2) is 60.8 Å². The second kappa shape index (κ2) is 7.21. The summed E-state index contributed by atoms with van der Waals surface area (Å²) in [4.78, 5) is 12.7. The van der Waals surface area contributed by atoms with Crippen LogP contribution in [-0.4, -0.2) is 22.8 Å². The predicted octanol–water partition coefficient (Wildman–Crippen LogP) is 3.68. The average Bonchev–Trinajstić information content (AvgIpc) is 3.07. The van der Waals surface area contributed by atoms with E-state index >= 15 is 0 Å². The molecule has 3 aromatic rings. The predicted molar refractivity (Wildman–Crippen MR) is 97.2 cm³/mol. The summed E-state index contributed by atoms with van der Waals surface area (Å²) in [5.41, 5.74) is 3.35. The van der Waals surface area contributed by atoms with E-state index in [1.807, 2.05) is 68.4 Å². The highest BCUT2D eigenvalue weighted by molar-refractivity contribution is 5.95. The highest BCUT2D eigenvalue weighted by Gasteiger charge is 2.20. The fraction of sp³-hybridized carbons (Fsp3) is 0.200. The summed E-state index contributed by atoms with van der Waals surface area (Å²) in [5, 5.41) is 7.40. The van der Waals surface area contributed by atoms with Crippen LogP contribution in [0.1, 0.15) is 34.6 Å². The Labute approximate surface area is 147 Å². The first-order chi connectivity index (χ1) is 12.1. The number of carbonyl (C=O) groups is 1. The fourth-order valence-electron chi connectivity index (χ4n) is 2.79. The summed E-state index contributed by atoms with van der Waals surface area (Å²) >= 11 is 0. The highest BCUT2D eigenvalue weighted by atomic mass is 16.5. The third-order valence-corrected chi connectivity index (χ3v) is 4.14. The molecule has 25 heavy (non-hydrogen) atoms. The average molecular weight is 335 g/mol. The minimum atomic E-state index is -0.262. The molecule has 2 aromatic carbocycles. The Balaban J connectivity index is 1.85. The number of ether oxygens (including phenoxy) is 1. The summed E-state index contributed by atoms with van der Waals surface area (Å²) < 4.78 is 6.98. The zero-order valence-corrected chi connectivity index (χ0v) is 14.6. The van der Waals surface area contributed by atoms with Crippen LogP contribution in [-0.2, 0) is 0 Å². The van der Waals surface area contributed by atoms with Crippen molar-refractivity contribution in [1.82, 2.24) is 15.1 Å². The van der Waals surface area contributed by atoms with Crippen molar-refractivity contribution in [3.63, 3.8) is 0 Å². The van der Waals surface area contributed by atoms with Gasteiger partial charge in [-0.05, 0) is 37.1 Å². The summed E-state index contributed by atoms with van der Waals surface area (Å²) in [6, 6.07) is 17.5. The molecule has 5 nitrogen and oxygen atoms in total. The number of hydrogen-bond acceptors (Lipinski definition) is 3. The summed E-state index contributed by atoms with van der Waals surface area (Å²) in [6.07, 6.45) is 1.71. The van der Waals surface area contributed by atoms with Gasteiger partial charge in [-0.3, -0.25) is 4.79 Å². The molecule has 0 radical (unpaired) electrons. The number of para-hydroxylation sites is 1. The van der Waals surface area contributed by atoms with Crippen molar-refractivity contribution in [3.8, 4) is 11.4 Å². The molecule has 1 atom stereocenters. The molecule has 1 heterocycles. The van der Waals surface area contributed by atoms with Gasteiger partial charge in [-0.25, -0.2) is 4.68 Å². The van der Waals surface area contributed by atoms with Crippen molar-refractivity contribution in [2.24, 2.45) is 0 Å². The van der Waals surface area contributed by atoms with Gasteiger partial charge in [-0.15, -0.1) is 0 Å². The van der Waals surface area contributed by atoms with Gasteiger partial charge in [0.1, 0.15) is 0 Å². The van der Waals surface area contributed by atoms with Crippen molar-refractivity contribution in [1.29, 1.82) is 0 Å². The van der Waals surface area contributed by atoms with Crippen LogP contribution < -0.4 is 10.1 Å². The Morgan fingerprint density at radius 2 is 1.80 bits per heavy atom. The zero-order valence-electron chi connectivity index (χ0n) is 14.6. The van der Waals surface area contributed by atoms with Gasteiger partial charge in [0.05, 0.1) is 25.0 Å². The molecule has 0 aliphatic rings. The first kappa shape index (κ1) is 16.8. The van der Waals surface area contributed by atoms with E-state index in [-0.39, 0.29) is 17.6 Å². The van der Waals surface area contributed by atoms with E-state index in [0.717, 1.165) is 16.8 Å². The summed E-state index contributed by atoms with van der Waals surface area (Å²) in [7, 11) is 1.54. The van der Waals surface area contributed by atoms with Gasteiger partial charge >= 0.3 is 0 Å². The topological polar surface area (TPSA) is 56.2 Å². The molecule has 0 fully saturated rings. The highest BCUT2D eigenvalue weighted by Crippen LogP contribution is 2.22. The Kier molecular flexibility index (Phi) is 4.84. The quantitative estimate of drug-likeness (QED) is 0.774. The van der Waals surface area contributed by atoms with Gasteiger partial charge in [0.15, 0.2) is 11.4 Å². The molecular formula is C20H21N3O2. The van der Waals surface area contributed by atoms with Gasteiger partial charge in [0.2, 0.25) is 0 Å². The normalized spacial score (nSPS) is 11.8. The molecule has 128 valence electrons. The molecule has 0 saturated carbocycles. The third kappa shape index (κ3) is 3.55. The van der Waals surface area contributed by atoms with Crippen molar-refractivity contribution < 1.29 is 9.53 Å². The number of aromatic nitrogens is 2. The maximum Gasteiger partial charge on any atom is 0.276 e. The molecule has 1 amide bonds. The summed E-state index contributed by atoms with van der Waals surface area (Å²) in [6.45, 7) is 3.99. The first-order valence-corrected chi connectivity index (χ1v) is 8.15. The molecule has 0 spiro atoms. The maximum absolute atomic E-state index is 12.7. The lowest BCUT2D eigenvalue weighted by molar-refractivity contribution is 0.0931. The van der Waals surface area contributed by atoms with E-state index in [1.54, 1.807) is 10.9 Å². The monoisotopic (exact) mass is 335 g/mol.